The molecule has 2 rings (SSSR count). The number of benzene rings is 1. The minimum absolute atomic E-state index is 0.0360. The third-order valence-electron chi connectivity index (χ3n) is 3.49. The van der Waals surface area contributed by atoms with Gasteiger partial charge in [0.1, 0.15) is 0 Å². The second-order valence-corrected chi connectivity index (χ2v) is 5.15. The monoisotopic (exact) mass is 295 g/mol. The molecule has 0 radical (unpaired) electrons. The molecule has 114 valence electrons. The highest BCUT2D eigenvalue weighted by molar-refractivity contribution is 5.77. The summed E-state index contributed by atoms with van der Waals surface area (Å²) in [4.78, 5) is 22.2. The molecule has 0 heterocycles. The quantitative estimate of drug-likeness (QED) is 0.754. The van der Waals surface area contributed by atoms with Crippen LogP contribution in [0.5, 0.6) is 5.75 Å². The minimum Gasteiger partial charge on any atom is -0.491 e. The predicted octanol–water partition coefficient (Wildman–Crippen LogP) is 1.96. The zero-order chi connectivity index (χ0) is 15.2. The van der Waals surface area contributed by atoms with Crippen molar-refractivity contribution in [3.05, 3.63) is 30.1 Å². The number of carbonyl (C=O) groups excluding carboxylic acids is 1. The summed E-state index contributed by atoms with van der Waals surface area (Å²) in [5.41, 5.74) is 0. The Morgan fingerprint density at radius 1 is 1.33 bits per heavy atom. The maximum atomic E-state index is 13.3. The number of hydrogen-bond donors (Lipinski definition) is 2. The van der Waals surface area contributed by atoms with Gasteiger partial charge in [-0.2, -0.15) is 0 Å². The van der Waals surface area contributed by atoms with Gasteiger partial charge in [0.2, 0.25) is 5.91 Å². The molecule has 1 amide bonds. The van der Waals surface area contributed by atoms with E-state index in [4.69, 9.17) is 9.84 Å². The molecule has 0 unspecified atom stereocenters. The molecular weight excluding hydrogens is 277 g/mol. The Labute approximate surface area is 122 Å². The molecule has 1 aromatic carbocycles. The molecule has 0 aromatic heterocycles. The molecule has 6 heteroatoms. The van der Waals surface area contributed by atoms with Crippen LogP contribution in [0.3, 0.4) is 0 Å². The van der Waals surface area contributed by atoms with E-state index in [9.17, 15) is 14.0 Å². The first-order chi connectivity index (χ1) is 10.1. The number of halogens is 1. The van der Waals surface area contributed by atoms with Crippen molar-refractivity contribution in [2.24, 2.45) is 5.92 Å². The molecule has 1 saturated carbocycles. The fourth-order valence-electron chi connectivity index (χ4n) is 2.21. The fourth-order valence-corrected chi connectivity index (χ4v) is 2.21. The lowest BCUT2D eigenvalue weighted by atomic mass is 9.80. The van der Waals surface area contributed by atoms with Crippen LogP contribution in [0, 0.1) is 11.7 Å². The number of aliphatic carboxylic acids is 1. The summed E-state index contributed by atoms with van der Waals surface area (Å²) in [6, 6.07) is 6.08. The standard InChI is InChI=1S/C15H18FNO4/c16-12-4-1-2-5-13(12)21-7-3-6-14(18)17-11-8-10(9-11)15(19)20/h1-2,4-5,10-11H,3,6-9H2,(H,17,18)(H,19,20). The number of carbonyl (C=O) groups is 2. The Kier molecular flexibility index (Phi) is 5.14. The Balaban J connectivity index is 1.58. The van der Waals surface area contributed by atoms with Crippen molar-refractivity contribution < 1.29 is 23.8 Å². The highest BCUT2D eigenvalue weighted by Gasteiger charge is 2.34. The molecule has 0 saturated heterocycles. The van der Waals surface area contributed by atoms with Gasteiger partial charge in [-0.3, -0.25) is 9.59 Å². The fraction of sp³-hybridized carbons (Fsp3) is 0.467. The Morgan fingerprint density at radius 2 is 2.05 bits per heavy atom. The number of amides is 1. The smallest absolute Gasteiger partial charge is 0.306 e. The Hall–Kier alpha value is -2.11. The summed E-state index contributed by atoms with van der Waals surface area (Å²) in [6.45, 7) is 0.261. The van der Waals surface area contributed by atoms with Crippen LogP contribution in [-0.4, -0.2) is 29.6 Å². The average Bonchev–Trinajstić information content (AvgIpc) is 2.40. The lowest BCUT2D eigenvalue weighted by Crippen LogP contribution is -2.46. The number of nitrogens with one attached hydrogen (secondary N) is 1. The van der Waals surface area contributed by atoms with Crippen molar-refractivity contribution in [1.82, 2.24) is 5.32 Å². The van der Waals surface area contributed by atoms with E-state index in [-0.39, 0.29) is 36.6 Å². The third-order valence-corrected chi connectivity index (χ3v) is 3.49. The molecule has 0 atom stereocenters. The Morgan fingerprint density at radius 3 is 2.71 bits per heavy atom. The summed E-state index contributed by atoms with van der Waals surface area (Å²) in [5.74, 6) is -1.50. The van der Waals surface area contributed by atoms with Gasteiger partial charge in [0.15, 0.2) is 11.6 Å². The van der Waals surface area contributed by atoms with Gasteiger partial charge in [-0.05, 0) is 31.4 Å². The molecule has 1 aromatic rings. The molecule has 21 heavy (non-hydrogen) atoms. The molecule has 5 nitrogen and oxygen atoms in total. The first-order valence-corrected chi connectivity index (χ1v) is 6.95. The molecule has 1 aliphatic carbocycles. The maximum Gasteiger partial charge on any atom is 0.306 e. The third kappa shape index (κ3) is 4.44. The van der Waals surface area contributed by atoms with Gasteiger partial charge in [-0.15, -0.1) is 0 Å². The zero-order valence-corrected chi connectivity index (χ0v) is 11.5. The summed E-state index contributed by atoms with van der Waals surface area (Å²) >= 11 is 0. The van der Waals surface area contributed by atoms with Crippen LogP contribution in [0.2, 0.25) is 0 Å². The van der Waals surface area contributed by atoms with Gasteiger partial charge in [-0.25, -0.2) is 4.39 Å². The maximum absolute atomic E-state index is 13.3. The number of hydrogen-bond acceptors (Lipinski definition) is 3. The van der Waals surface area contributed by atoms with E-state index in [1.807, 2.05) is 0 Å². The second-order valence-electron chi connectivity index (χ2n) is 5.15. The van der Waals surface area contributed by atoms with Crippen molar-refractivity contribution in [3.63, 3.8) is 0 Å². The van der Waals surface area contributed by atoms with Gasteiger partial charge in [-0.1, -0.05) is 12.1 Å². The van der Waals surface area contributed by atoms with Crippen LogP contribution in [0.25, 0.3) is 0 Å². The van der Waals surface area contributed by atoms with E-state index in [0.29, 0.717) is 19.3 Å². The lowest BCUT2D eigenvalue weighted by Gasteiger charge is -2.32. The lowest BCUT2D eigenvalue weighted by molar-refractivity contribution is -0.146. The van der Waals surface area contributed by atoms with Crippen molar-refractivity contribution in [2.45, 2.75) is 31.7 Å². The SMILES string of the molecule is O=C(CCCOc1ccccc1F)NC1CC(C(=O)O)C1. The van der Waals surface area contributed by atoms with Crippen molar-refractivity contribution in [2.75, 3.05) is 6.61 Å². The molecule has 0 bridgehead atoms. The number of rotatable bonds is 7. The van der Waals surface area contributed by atoms with Crippen molar-refractivity contribution >= 4 is 11.9 Å². The average molecular weight is 295 g/mol. The van der Waals surface area contributed by atoms with Crippen LogP contribution >= 0.6 is 0 Å². The molecule has 2 N–H and O–H groups in total. The van der Waals surface area contributed by atoms with E-state index in [1.165, 1.54) is 12.1 Å². The van der Waals surface area contributed by atoms with Gasteiger partial charge in [0.25, 0.3) is 0 Å². The van der Waals surface area contributed by atoms with Crippen LogP contribution < -0.4 is 10.1 Å². The first-order valence-electron chi connectivity index (χ1n) is 6.95. The molecular formula is C15H18FNO4. The highest BCUT2D eigenvalue weighted by Crippen LogP contribution is 2.27. The molecule has 0 spiro atoms. The number of para-hydroxylation sites is 1. The number of carboxylic acid groups (broad SMARTS) is 1. The van der Waals surface area contributed by atoms with E-state index < -0.39 is 11.8 Å². The molecule has 0 aliphatic heterocycles. The van der Waals surface area contributed by atoms with Crippen molar-refractivity contribution in [1.29, 1.82) is 0 Å². The van der Waals surface area contributed by atoms with Gasteiger partial charge < -0.3 is 15.2 Å². The minimum atomic E-state index is -0.807. The molecule has 1 aliphatic rings. The van der Waals surface area contributed by atoms with Crippen molar-refractivity contribution in [3.8, 4) is 5.75 Å². The largest absolute Gasteiger partial charge is 0.491 e. The van der Waals surface area contributed by atoms with E-state index in [0.717, 1.165) is 0 Å². The van der Waals surface area contributed by atoms with Gasteiger partial charge >= 0.3 is 5.97 Å². The Bertz CT molecular complexity index is 514. The van der Waals surface area contributed by atoms with Crippen LogP contribution in [0.1, 0.15) is 25.7 Å². The molecule has 1 fully saturated rings. The van der Waals surface area contributed by atoms with E-state index >= 15 is 0 Å². The normalized spacial score (nSPS) is 20.4. The summed E-state index contributed by atoms with van der Waals surface area (Å²) in [7, 11) is 0. The van der Waals surface area contributed by atoms with E-state index in [1.54, 1.807) is 12.1 Å². The predicted molar refractivity (Wildman–Crippen MR) is 73.4 cm³/mol. The van der Waals surface area contributed by atoms with Gasteiger partial charge in [0.05, 0.1) is 12.5 Å². The first kappa shape index (κ1) is 15.3. The van der Waals surface area contributed by atoms with Crippen LogP contribution in [0.15, 0.2) is 24.3 Å². The summed E-state index contributed by atoms with van der Waals surface area (Å²) in [6.07, 6.45) is 1.75. The number of carboxylic acids is 1. The zero-order valence-electron chi connectivity index (χ0n) is 11.5. The topological polar surface area (TPSA) is 75.6 Å². The second kappa shape index (κ2) is 7.06. The van der Waals surface area contributed by atoms with Gasteiger partial charge in [0, 0.05) is 12.5 Å². The number of ether oxygens (including phenoxy) is 1. The van der Waals surface area contributed by atoms with Crippen LogP contribution in [-0.2, 0) is 9.59 Å². The summed E-state index contributed by atoms with van der Waals surface area (Å²) < 4.78 is 18.5. The highest BCUT2D eigenvalue weighted by atomic mass is 19.1. The van der Waals surface area contributed by atoms with Crippen LogP contribution in [0.4, 0.5) is 4.39 Å². The van der Waals surface area contributed by atoms with E-state index in [2.05, 4.69) is 5.32 Å². The summed E-state index contributed by atoms with van der Waals surface area (Å²) in [5, 5.41) is 11.5.